The van der Waals surface area contributed by atoms with Gasteiger partial charge in [0.15, 0.2) is 12.0 Å². The van der Waals surface area contributed by atoms with E-state index in [0.29, 0.717) is 12.1 Å². The van der Waals surface area contributed by atoms with Crippen LogP contribution in [0.15, 0.2) is 60.7 Å². The lowest BCUT2D eigenvalue weighted by Crippen LogP contribution is -2.12. The van der Waals surface area contributed by atoms with Gasteiger partial charge in [0.25, 0.3) is 5.69 Å². The first-order valence-electron chi connectivity index (χ1n) is 8.49. The molecule has 0 radical (unpaired) electrons. The summed E-state index contributed by atoms with van der Waals surface area (Å²) in [5, 5.41) is 11.0. The van der Waals surface area contributed by atoms with Crippen LogP contribution in [0.5, 0.6) is 0 Å². The SMILES string of the molecule is O=C(Cc1ccc(C(F)(F)F)cc1[N+](=O)[O-])OC/C=C/C(=O)C(F)c1ccccc1. The van der Waals surface area contributed by atoms with Gasteiger partial charge in [-0.2, -0.15) is 13.2 Å². The van der Waals surface area contributed by atoms with E-state index < -0.39 is 53.3 Å². The van der Waals surface area contributed by atoms with E-state index in [1.54, 1.807) is 18.2 Å². The fraction of sp³-hybridized carbons (Fsp3) is 0.200. The summed E-state index contributed by atoms with van der Waals surface area (Å²) in [6, 6.07) is 9.47. The number of hydrogen-bond acceptors (Lipinski definition) is 5. The average molecular weight is 425 g/mol. The number of carbonyl (C=O) groups excluding carboxylic acids is 2. The number of carbonyl (C=O) groups is 2. The molecule has 0 aliphatic heterocycles. The van der Waals surface area contributed by atoms with Gasteiger partial charge in [-0.25, -0.2) is 4.39 Å². The molecule has 10 heteroatoms. The molecule has 0 saturated heterocycles. The van der Waals surface area contributed by atoms with Crippen molar-refractivity contribution in [1.82, 2.24) is 0 Å². The van der Waals surface area contributed by atoms with Crippen molar-refractivity contribution in [1.29, 1.82) is 0 Å². The minimum atomic E-state index is -4.77. The molecule has 0 bridgehead atoms. The van der Waals surface area contributed by atoms with Crippen molar-refractivity contribution in [2.24, 2.45) is 0 Å². The zero-order valence-electron chi connectivity index (χ0n) is 15.3. The van der Waals surface area contributed by atoms with Crippen LogP contribution in [0.2, 0.25) is 0 Å². The van der Waals surface area contributed by atoms with Crippen LogP contribution in [-0.4, -0.2) is 23.3 Å². The summed E-state index contributed by atoms with van der Waals surface area (Å²) in [5.74, 6) is -1.83. The summed E-state index contributed by atoms with van der Waals surface area (Å²) in [6.45, 7) is -0.416. The van der Waals surface area contributed by atoms with Crippen LogP contribution in [0, 0.1) is 10.1 Å². The van der Waals surface area contributed by atoms with Crippen molar-refractivity contribution in [3.05, 3.63) is 87.5 Å². The molecule has 1 unspecified atom stereocenters. The Morgan fingerprint density at radius 1 is 1.13 bits per heavy atom. The highest BCUT2D eigenvalue weighted by Gasteiger charge is 2.33. The number of halogens is 4. The highest BCUT2D eigenvalue weighted by Crippen LogP contribution is 2.33. The molecule has 0 aromatic heterocycles. The lowest BCUT2D eigenvalue weighted by Gasteiger charge is -2.08. The molecule has 0 aliphatic rings. The van der Waals surface area contributed by atoms with E-state index in [2.05, 4.69) is 0 Å². The quantitative estimate of drug-likeness (QED) is 0.204. The molecule has 0 amide bonds. The maximum absolute atomic E-state index is 14.0. The molecule has 0 heterocycles. The number of hydrogen-bond donors (Lipinski definition) is 0. The molecule has 158 valence electrons. The number of nitrogens with zero attached hydrogens (tertiary/aromatic N) is 1. The molecule has 1 atom stereocenters. The second-order valence-electron chi connectivity index (χ2n) is 6.04. The maximum atomic E-state index is 14.0. The first-order chi connectivity index (χ1) is 14.1. The van der Waals surface area contributed by atoms with Gasteiger partial charge in [0.05, 0.1) is 16.9 Å². The molecular weight excluding hydrogens is 410 g/mol. The smallest absolute Gasteiger partial charge is 0.416 e. The van der Waals surface area contributed by atoms with Gasteiger partial charge in [-0.1, -0.05) is 36.4 Å². The molecule has 2 rings (SSSR count). The summed E-state index contributed by atoms with van der Waals surface area (Å²) < 4.78 is 56.8. The number of rotatable bonds is 8. The van der Waals surface area contributed by atoms with Crippen molar-refractivity contribution in [2.75, 3.05) is 6.61 Å². The standard InChI is InChI=1S/C20H15F4NO5/c21-19(13-5-2-1-3-6-13)17(26)7-4-10-30-18(27)11-14-8-9-15(20(22,23)24)12-16(14)25(28)29/h1-9,12,19H,10-11H2/b7-4+. The van der Waals surface area contributed by atoms with E-state index in [4.69, 9.17) is 4.74 Å². The summed E-state index contributed by atoms with van der Waals surface area (Å²) in [5.41, 5.74) is -2.17. The molecule has 30 heavy (non-hydrogen) atoms. The molecule has 0 saturated carbocycles. The van der Waals surface area contributed by atoms with E-state index >= 15 is 0 Å². The van der Waals surface area contributed by atoms with Crippen molar-refractivity contribution in [3.63, 3.8) is 0 Å². The average Bonchev–Trinajstić information content (AvgIpc) is 2.70. The van der Waals surface area contributed by atoms with Gasteiger partial charge in [0.1, 0.15) is 6.61 Å². The molecule has 0 N–H and O–H groups in total. The normalized spacial score (nSPS) is 12.5. The molecule has 0 aliphatic carbocycles. The molecule has 2 aromatic carbocycles. The minimum absolute atomic E-state index is 0.166. The zero-order valence-corrected chi connectivity index (χ0v) is 15.3. The monoisotopic (exact) mass is 425 g/mol. The summed E-state index contributed by atoms with van der Waals surface area (Å²) in [4.78, 5) is 33.5. The lowest BCUT2D eigenvalue weighted by atomic mass is 10.1. The fourth-order valence-corrected chi connectivity index (χ4v) is 2.44. The van der Waals surface area contributed by atoms with Crippen molar-refractivity contribution >= 4 is 17.4 Å². The number of nitro groups is 1. The van der Waals surface area contributed by atoms with Crippen LogP contribution in [0.4, 0.5) is 23.2 Å². The van der Waals surface area contributed by atoms with Gasteiger partial charge < -0.3 is 4.74 Å². The van der Waals surface area contributed by atoms with E-state index in [1.165, 1.54) is 12.1 Å². The Balaban J connectivity index is 1.94. The molecule has 2 aromatic rings. The summed E-state index contributed by atoms with van der Waals surface area (Å²) in [6.07, 6.45) is -5.31. The number of allylic oxidation sites excluding steroid dienone is 1. The third-order valence-corrected chi connectivity index (χ3v) is 3.91. The number of ether oxygens (including phenoxy) is 1. The van der Waals surface area contributed by atoms with Crippen LogP contribution in [0.25, 0.3) is 0 Å². The Bertz CT molecular complexity index is 957. The van der Waals surface area contributed by atoms with Crippen LogP contribution >= 0.6 is 0 Å². The second kappa shape index (κ2) is 9.77. The van der Waals surface area contributed by atoms with E-state index in [0.717, 1.165) is 18.2 Å². The van der Waals surface area contributed by atoms with Crippen molar-refractivity contribution in [2.45, 2.75) is 18.8 Å². The highest BCUT2D eigenvalue weighted by molar-refractivity contribution is 5.94. The lowest BCUT2D eigenvalue weighted by molar-refractivity contribution is -0.385. The first-order valence-corrected chi connectivity index (χ1v) is 8.49. The Morgan fingerprint density at radius 3 is 2.40 bits per heavy atom. The van der Waals surface area contributed by atoms with Gasteiger partial charge in [0, 0.05) is 11.6 Å². The number of ketones is 1. The number of benzene rings is 2. The van der Waals surface area contributed by atoms with Crippen LogP contribution < -0.4 is 0 Å². The third kappa shape index (κ3) is 6.23. The largest absolute Gasteiger partial charge is 0.461 e. The predicted octanol–water partition coefficient (Wildman–Crippen LogP) is 4.54. The van der Waals surface area contributed by atoms with Crippen LogP contribution in [0.3, 0.4) is 0 Å². The van der Waals surface area contributed by atoms with Gasteiger partial charge in [0.2, 0.25) is 0 Å². The number of nitro benzene ring substituents is 1. The maximum Gasteiger partial charge on any atom is 0.416 e. The minimum Gasteiger partial charge on any atom is -0.461 e. The second-order valence-corrected chi connectivity index (χ2v) is 6.04. The fourth-order valence-electron chi connectivity index (χ4n) is 2.44. The van der Waals surface area contributed by atoms with Crippen molar-refractivity contribution in [3.8, 4) is 0 Å². The highest BCUT2D eigenvalue weighted by atomic mass is 19.4. The van der Waals surface area contributed by atoms with Gasteiger partial charge in [-0.05, 0) is 23.8 Å². The van der Waals surface area contributed by atoms with E-state index in [9.17, 15) is 37.3 Å². The first kappa shape index (κ1) is 22.7. The van der Waals surface area contributed by atoms with Gasteiger partial charge >= 0.3 is 12.1 Å². The van der Waals surface area contributed by atoms with Gasteiger partial charge in [-0.3, -0.25) is 19.7 Å². The Morgan fingerprint density at radius 2 is 1.80 bits per heavy atom. The van der Waals surface area contributed by atoms with Gasteiger partial charge in [-0.15, -0.1) is 0 Å². The molecule has 6 nitrogen and oxygen atoms in total. The predicted molar refractivity (Wildman–Crippen MR) is 97.2 cm³/mol. The molecular formula is C20H15F4NO5. The van der Waals surface area contributed by atoms with Crippen molar-refractivity contribution < 1.29 is 36.8 Å². The third-order valence-electron chi connectivity index (χ3n) is 3.91. The van der Waals surface area contributed by atoms with E-state index in [1.807, 2.05) is 0 Å². The Kier molecular flexibility index (Phi) is 7.40. The van der Waals surface area contributed by atoms with Crippen LogP contribution in [-0.2, 0) is 26.9 Å². The van der Waals surface area contributed by atoms with Crippen LogP contribution in [0.1, 0.15) is 22.9 Å². The zero-order chi connectivity index (χ0) is 22.3. The number of alkyl halides is 4. The van der Waals surface area contributed by atoms with E-state index in [-0.39, 0.29) is 11.1 Å². The summed E-state index contributed by atoms with van der Waals surface area (Å²) in [7, 11) is 0. The number of esters is 1. The topological polar surface area (TPSA) is 86.5 Å². The Hall–Kier alpha value is -3.56. The molecule has 0 fully saturated rings. The summed E-state index contributed by atoms with van der Waals surface area (Å²) >= 11 is 0. The Labute approximate surface area is 167 Å². The molecule has 0 spiro atoms.